The van der Waals surface area contributed by atoms with Gasteiger partial charge in [0.2, 0.25) is 18.2 Å². The maximum atomic E-state index is 12.4. The third kappa shape index (κ3) is 4.50. The van der Waals surface area contributed by atoms with E-state index in [1.807, 2.05) is 30.1 Å². The van der Waals surface area contributed by atoms with Crippen LogP contribution in [0.4, 0.5) is 17.1 Å². The van der Waals surface area contributed by atoms with Crippen molar-refractivity contribution in [2.75, 3.05) is 55.0 Å². The van der Waals surface area contributed by atoms with Gasteiger partial charge in [-0.3, -0.25) is 19.7 Å². The second-order valence-electron chi connectivity index (χ2n) is 10.1. The summed E-state index contributed by atoms with van der Waals surface area (Å²) < 4.78 is 0. The van der Waals surface area contributed by atoms with Crippen LogP contribution >= 0.6 is 0 Å². The number of benzene rings is 2. The van der Waals surface area contributed by atoms with Crippen molar-refractivity contribution in [3.63, 3.8) is 0 Å². The van der Waals surface area contributed by atoms with Gasteiger partial charge in [-0.05, 0) is 61.2 Å². The van der Waals surface area contributed by atoms with E-state index < -0.39 is 6.04 Å². The molecule has 0 radical (unpaired) electrons. The highest BCUT2D eigenvalue weighted by Crippen LogP contribution is 2.39. The number of rotatable bonds is 6. The molecular weight excluding hydrogens is 442 g/mol. The molecule has 3 aliphatic rings. The molecule has 1 spiro atoms. The first-order valence-electron chi connectivity index (χ1n) is 12.3. The van der Waals surface area contributed by atoms with Crippen LogP contribution in [0.2, 0.25) is 0 Å². The normalized spacial score (nSPS) is 24.1. The molecule has 3 fully saturated rings. The van der Waals surface area contributed by atoms with Crippen LogP contribution in [0.25, 0.3) is 11.1 Å². The van der Waals surface area contributed by atoms with Crippen molar-refractivity contribution in [1.82, 2.24) is 10.6 Å². The van der Waals surface area contributed by atoms with Crippen LogP contribution in [0.5, 0.6) is 0 Å². The Morgan fingerprint density at radius 3 is 2.49 bits per heavy atom. The second kappa shape index (κ2) is 9.34. The smallest absolute Gasteiger partial charge is 0.249 e. The molecule has 0 aliphatic carbocycles. The van der Waals surface area contributed by atoms with Gasteiger partial charge >= 0.3 is 0 Å². The molecule has 3 saturated heterocycles. The predicted octanol–water partition coefficient (Wildman–Crippen LogP) is 2.38. The summed E-state index contributed by atoms with van der Waals surface area (Å²) in [5, 5.41) is 5.93. The molecule has 2 aromatic carbocycles. The fourth-order valence-corrected chi connectivity index (χ4v) is 5.72. The highest BCUT2D eigenvalue weighted by Gasteiger charge is 2.40. The number of imide groups is 1. The van der Waals surface area contributed by atoms with Gasteiger partial charge in [-0.1, -0.05) is 18.2 Å². The Morgan fingerprint density at radius 1 is 1.03 bits per heavy atom. The number of nitrogens with one attached hydrogen (secondary N) is 2. The van der Waals surface area contributed by atoms with E-state index in [2.05, 4.69) is 39.8 Å². The predicted molar refractivity (Wildman–Crippen MR) is 138 cm³/mol. The monoisotopic (exact) mass is 475 g/mol. The van der Waals surface area contributed by atoms with Crippen molar-refractivity contribution in [2.24, 2.45) is 5.41 Å². The van der Waals surface area contributed by atoms with E-state index in [1.165, 1.54) is 23.4 Å². The first-order valence-corrected chi connectivity index (χ1v) is 12.3. The Kier molecular flexibility index (Phi) is 6.23. The Balaban J connectivity index is 1.38. The lowest BCUT2D eigenvalue weighted by Gasteiger charge is -2.33. The third-order valence-corrected chi connectivity index (χ3v) is 7.91. The Labute approximate surface area is 206 Å². The van der Waals surface area contributed by atoms with Crippen LogP contribution in [-0.4, -0.2) is 64.5 Å². The van der Waals surface area contributed by atoms with Gasteiger partial charge in [0, 0.05) is 51.3 Å². The molecule has 3 amide bonds. The number of anilines is 3. The summed E-state index contributed by atoms with van der Waals surface area (Å²) in [5.74, 6) is -0.548. The molecule has 35 heavy (non-hydrogen) atoms. The number of carbonyl (C=O) groups excluding carboxylic acids is 3. The van der Waals surface area contributed by atoms with Crippen molar-refractivity contribution in [1.29, 1.82) is 0 Å². The number of nitrogens with zero attached hydrogens (tertiary/aromatic N) is 3. The highest BCUT2D eigenvalue weighted by molar-refractivity contribution is 6.02. The summed E-state index contributed by atoms with van der Waals surface area (Å²) in [4.78, 5) is 41.5. The fourth-order valence-electron chi connectivity index (χ4n) is 5.72. The van der Waals surface area contributed by atoms with Gasteiger partial charge in [0.15, 0.2) is 0 Å². The summed E-state index contributed by atoms with van der Waals surface area (Å²) in [6, 6.07) is 14.1. The van der Waals surface area contributed by atoms with E-state index in [1.54, 1.807) is 7.05 Å². The van der Waals surface area contributed by atoms with E-state index in [9.17, 15) is 14.4 Å². The molecule has 3 heterocycles. The van der Waals surface area contributed by atoms with Crippen LogP contribution in [0.15, 0.2) is 42.5 Å². The number of piperidine rings is 1. The number of likely N-dealkylation sites (N-methyl/N-ethyl adjacent to an activating group) is 1. The summed E-state index contributed by atoms with van der Waals surface area (Å²) >= 11 is 0. The van der Waals surface area contributed by atoms with Gasteiger partial charge in [0.25, 0.3) is 0 Å². The zero-order chi connectivity index (χ0) is 24.6. The SMILES string of the molecule is CN(C=O)c1cc(-c2ccc(N3CCC4(CCNC4)C3)cc2)ccc1N(C)C1CCC(=O)NC1=O. The number of carbonyl (C=O) groups is 3. The molecule has 8 heteroatoms. The number of hydrogen-bond acceptors (Lipinski definition) is 6. The van der Waals surface area contributed by atoms with Crippen molar-refractivity contribution >= 4 is 35.3 Å². The highest BCUT2D eigenvalue weighted by atomic mass is 16.2. The molecule has 5 rings (SSSR count). The molecule has 2 atom stereocenters. The molecule has 184 valence electrons. The minimum atomic E-state index is -0.463. The Morgan fingerprint density at radius 2 is 1.80 bits per heavy atom. The Bertz CT molecular complexity index is 1130. The molecule has 2 N–H and O–H groups in total. The zero-order valence-electron chi connectivity index (χ0n) is 20.4. The molecular formula is C27H33N5O3. The van der Waals surface area contributed by atoms with Crippen LogP contribution in [0.3, 0.4) is 0 Å². The van der Waals surface area contributed by atoms with Crippen LogP contribution in [0.1, 0.15) is 25.7 Å². The Hall–Kier alpha value is -3.39. The van der Waals surface area contributed by atoms with Gasteiger partial charge in [-0.25, -0.2) is 0 Å². The quantitative estimate of drug-likeness (QED) is 0.493. The van der Waals surface area contributed by atoms with Crippen molar-refractivity contribution < 1.29 is 14.4 Å². The summed E-state index contributed by atoms with van der Waals surface area (Å²) in [6.45, 7) is 4.44. The largest absolute Gasteiger partial charge is 0.371 e. The summed E-state index contributed by atoms with van der Waals surface area (Å²) in [7, 11) is 3.53. The van der Waals surface area contributed by atoms with Crippen LogP contribution in [-0.2, 0) is 14.4 Å². The van der Waals surface area contributed by atoms with E-state index in [4.69, 9.17) is 0 Å². The topological polar surface area (TPSA) is 85.0 Å². The lowest BCUT2D eigenvalue weighted by atomic mass is 9.86. The number of hydrogen-bond donors (Lipinski definition) is 2. The van der Waals surface area contributed by atoms with Gasteiger partial charge in [-0.15, -0.1) is 0 Å². The van der Waals surface area contributed by atoms with E-state index >= 15 is 0 Å². The first-order chi connectivity index (χ1) is 16.9. The molecule has 0 saturated carbocycles. The molecule has 0 bridgehead atoms. The van der Waals surface area contributed by atoms with Gasteiger partial charge in [0.05, 0.1) is 11.4 Å². The van der Waals surface area contributed by atoms with Gasteiger partial charge in [-0.2, -0.15) is 0 Å². The van der Waals surface area contributed by atoms with Gasteiger partial charge < -0.3 is 20.0 Å². The second-order valence-corrected chi connectivity index (χ2v) is 10.1. The zero-order valence-corrected chi connectivity index (χ0v) is 20.4. The molecule has 8 nitrogen and oxygen atoms in total. The minimum absolute atomic E-state index is 0.243. The molecule has 2 unspecified atom stereocenters. The average molecular weight is 476 g/mol. The maximum absolute atomic E-state index is 12.4. The van der Waals surface area contributed by atoms with Gasteiger partial charge in [0.1, 0.15) is 6.04 Å². The standard InChI is InChI=1S/C27H33N5O3/c1-30(18-33)24-15-20(5-8-22(24)31(2)23-9-10-25(34)29-26(23)35)19-3-6-21(7-4-19)32-14-12-27(17-32)11-13-28-16-27/h3-8,15,18,23,28H,9-14,16-17H2,1-2H3,(H,29,34,35). The summed E-state index contributed by atoms with van der Waals surface area (Å²) in [5.41, 5.74) is 5.22. The van der Waals surface area contributed by atoms with Crippen molar-refractivity contribution in [3.8, 4) is 11.1 Å². The minimum Gasteiger partial charge on any atom is -0.371 e. The average Bonchev–Trinajstić information content (AvgIpc) is 3.52. The van der Waals surface area contributed by atoms with Crippen molar-refractivity contribution in [3.05, 3.63) is 42.5 Å². The van der Waals surface area contributed by atoms with E-state index in [-0.39, 0.29) is 11.8 Å². The number of amides is 3. The molecule has 2 aromatic rings. The van der Waals surface area contributed by atoms with Crippen molar-refractivity contribution in [2.45, 2.75) is 31.7 Å². The van der Waals surface area contributed by atoms with E-state index in [0.717, 1.165) is 49.4 Å². The summed E-state index contributed by atoms with van der Waals surface area (Å²) in [6.07, 6.45) is 4.02. The van der Waals surface area contributed by atoms with E-state index in [0.29, 0.717) is 23.9 Å². The maximum Gasteiger partial charge on any atom is 0.249 e. The first kappa shape index (κ1) is 23.4. The lowest BCUT2D eigenvalue weighted by molar-refractivity contribution is -0.134. The van der Waals surface area contributed by atoms with Crippen LogP contribution < -0.4 is 25.3 Å². The third-order valence-electron chi connectivity index (χ3n) is 7.91. The lowest BCUT2D eigenvalue weighted by Crippen LogP contribution is -2.51. The molecule has 3 aliphatic heterocycles. The fraction of sp³-hybridized carbons (Fsp3) is 0.444. The molecule has 0 aromatic heterocycles. The van der Waals surface area contributed by atoms with Crippen LogP contribution in [0, 0.1) is 5.41 Å².